The molecule has 0 radical (unpaired) electrons. The average molecular weight is 463 g/mol. The first-order valence-corrected chi connectivity index (χ1v) is 9.26. The van der Waals surface area contributed by atoms with Gasteiger partial charge >= 0.3 is 5.97 Å². The molecular formula is C18H19BrClF2N3O2. The fraction of sp³-hybridized carbons (Fsp3) is 0.333. The van der Waals surface area contributed by atoms with Gasteiger partial charge in [0.25, 0.3) is 0 Å². The lowest BCUT2D eigenvalue weighted by Crippen LogP contribution is -2.29. The van der Waals surface area contributed by atoms with Gasteiger partial charge in [-0.2, -0.15) is 0 Å². The molecule has 27 heavy (non-hydrogen) atoms. The van der Waals surface area contributed by atoms with E-state index in [0.717, 1.165) is 12.8 Å². The predicted octanol–water partition coefficient (Wildman–Crippen LogP) is 4.09. The lowest BCUT2D eigenvalue weighted by atomic mass is 10.1. The summed E-state index contributed by atoms with van der Waals surface area (Å²) in [5.41, 5.74) is 5.98. The van der Waals surface area contributed by atoms with Gasteiger partial charge in [0.1, 0.15) is 22.8 Å². The Labute approximate surface area is 169 Å². The molecule has 0 amide bonds. The second-order valence-corrected chi connectivity index (χ2v) is 7.25. The molecule has 1 saturated carbocycles. The van der Waals surface area contributed by atoms with E-state index in [1.807, 2.05) is 0 Å². The van der Waals surface area contributed by atoms with E-state index in [-0.39, 0.29) is 34.6 Å². The summed E-state index contributed by atoms with van der Waals surface area (Å²) in [7, 11) is 1.18. The number of carbonyl (C=O) groups excluding carboxylic acids is 1. The highest BCUT2D eigenvalue weighted by Gasteiger charge is 2.27. The maximum atomic E-state index is 14.3. The van der Waals surface area contributed by atoms with E-state index in [0.29, 0.717) is 10.2 Å². The summed E-state index contributed by atoms with van der Waals surface area (Å²) >= 11 is 9.25. The molecule has 1 aliphatic carbocycles. The van der Waals surface area contributed by atoms with Crippen molar-refractivity contribution in [1.82, 2.24) is 5.32 Å². The largest absolute Gasteiger partial charge is 0.464 e. The van der Waals surface area contributed by atoms with E-state index in [9.17, 15) is 13.6 Å². The highest BCUT2D eigenvalue weighted by atomic mass is 79.9. The quantitative estimate of drug-likeness (QED) is 0.451. The van der Waals surface area contributed by atoms with Gasteiger partial charge in [0, 0.05) is 21.7 Å². The summed E-state index contributed by atoms with van der Waals surface area (Å²) in [4.78, 5) is 16.1. The number of carbonyl (C=O) groups is 1. The lowest BCUT2D eigenvalue weighted by molar-refractivity contribution is -0.132. The van der Waals surface area contributed by atoms with Crippen molar-refractivity contribution in [3.05, 3.63) is 57.2 Å². The molecule has 2 rings (SSSR count). The molecule has 0 heterocycles. The van der Waals surface area contributed by atoms with Crippen LogP contribution >= 0.6 is 27.5 Å². The Bertz CT molecular complexity index is 810. The van der Waals surface area contributed by atoms with Gasteiger partial charge < -0.3 is 15.8 Å². The van der Waals surface area contributed by atoms with Gasteiger partial charge in [0.15, 0.2) is 5.71 Å². The summed E-state index contributed by atoms with van der Waals surface area (Å²) in [6, 6.07) is 4.02. The fourth-order valence-electron chi connectivity index (χ4n) is 2.20. The Kier molecular flexibility index (Phi) is 7.38. The fourth-order valence-corrected chi connectivity index (χ4v) is 2.72. The van der Waals surface area contributed by atoms with Gasteiger partial charge in [-0.3, -0.25) is 0 Å². The smallest absolute Gasteiger partial charge is 0.358 e. The first-order chi connectivity index (χ1) is 12.7. The van der Waals surface area contributed by atoms with Gasteiger partial charge in [0.2, 0.25) is 0 Å². The number of alkyl halides is 1. The number of aliphatic imine (C=N–C) groups is 1. The van der Waals surface area contributed by atoms with Gasteiger partial charge in [-0.05, 0) is 25.0 Å². The van der Waals surface area contributed by atoms with Crippen LogP contribution < -0.4 is 11.1 Å². The van der Waals surface area contributed by atoms with Gasteiger partial charge in [-0.15, -0.1) is 0 Å². The summed E-state index contributed by atoms with van der Waals surface area (Å²) in [5.74, 6) is -1.45. The minimum Gasteiger partial charge on any atom is -0.464 e. The normalized spacial score (nSPS) is 16.4. The van der Waals surface area contributed by atoms with Crippen molar-refractivity contribution in [3.63, 3.8) is 0 Å². The van der Waals surface area contributed by atoms with E-state index < -0.39 is 18.0 Å². The van der Waals surface area contributed by atoms with Crippen LogP contribution in [0.15, 0.2) is 50.8 Å². The summed E-state index contributed by atoms with van der Waals surface area (Å²) in [6.45, 7) is 3.45. The van der Waals surface area contributed by atoms with Crippen LogP contribution in [0.3, 0.4) is 0 Å². The number of benzene rings is 1. The highest BCUT2D eigenvalue weighted by Crippen LogP contribution is 2.36. The lowest BCUT2D eigenvalue weighted by Gasteiger charge is -2.14. The average Bonchev–Trinajstić information content (AvgIpc) is 3.47. The molecule has 146 valence electrons. The zero-order valence-corrected chi connectivity index (χ0v) is 16.9. The molecule has 1 fully saturated rings. The van der Waals surface area contributed by atoms with Crippen molar-refractivity contribution in [1.29, 1.82) is 0 Å². The molecule has 0 aliphatic heterocycles. The molecule has 0 saturated heterocycles. The molecule has 0 bridgehead atoms. The van der Waals surface area contributed by atoms with Crippen LogP contribution in [0.1, 0.15) is 24.6 Å². The van der Waals surface area contributed by atoms with Crippen LogP contribution in [0.25, 0.3) is 0 Å². The number of nitrogens with zero attached hydrogens (tertiary/aromatic N) is 1. The Hall–Kier alpha value is -1.93. The van der Waals surface area contributed by atoms with E-state index in [4.69, 9.17) is 17.3 Å². The third-order valence-corrected chi connectivity index (χ3v) is 4.77. The third kappa shape index (κ3) is 5.77. The highest BCUT2D eigenvalue weighted by molar-refractivity contribution is 9.10. The third-order valence-electron chi connectivity index (χ3n) is 3.90. The molecular weight excluding hydrogens is 444 g/mol. The second-order valence-electron chi connectivity index (χ2n) is 5.96. The van der Waals surface area contributed by atoms with Gasteiger partial charge in [-0.1, -0.05) is 40.2 Å². The molecule has 0 spiro atoms. The van der Waals surface area contributed by atoms with E-state index >= 15 is 0 Å². The molecule has 3 N–H and O–H groups in total. The van der Waals surface area contributed by atoms with E-state index in [1.165, 1.54) is 25.3 Å². The Balaban J connectivity index is 2.13. The van der Waals surface area contributed by atoms with Crippen LogP contribution in [0.5, 0.6) is 0 Å². The predicted molar refractivity (Wildman–Crippen MR) is 104 cm³/mol. The number of hydrogen-bond acceptors (Lipinski definition) is 5. The number of nitrogens with two attached hydrogens (primary N) is 1. The van der Waals surface area contributed by atoms with Crippen molar-refractivity contribution in [3.8, 4) is 0 Å². The maximum Gasteiger partial charge on any atom is 0.358 e. The Morgan fingerprint density at radius 2 is 2.22 bits per heavy atom. The molecule has 5 nitrogen and oxygen atoms in total. The number of hydrogen-bond donors (Lipinski definition) is 2. The zero-order valence-electron chi connectivity index (χ0n) is 14.6. The SMILES string of the molecule is C=C(/N=C(C(=O)OC)\C(Cl)=C(/N)NCC(F)c1ccc(Br)cc1F)C1CC1. The van der Waals surface area contributed by atoms with Crippen LogP contribution in [0, 0.1) is 11.7 Å². The van der Waals surface area contributed by atoms with Crippen LogP contribution in [-0.4, -0.2) is 25.3 Å². The van der Waals surface area contributed by atoms with Crippen LogP contribution in [0.2, 0.25) is 0 Å². The number of halogens is 4. The summed E-state index contributed by atoms with van der Waals surface area (Å²) < 4.78 is 33.3. The first kappa shape index (κ1) is 21.4. The number of allylic oxidation sites excluding steroid dienone is 1. The summed E-state index contributed by atoms with van der Waals surface area (Å²) in [6.07, 6.45) is 0.198. The zero-order chi connectivity index (χ0) is 20.1. The van der Waals surface area contributed by atoms with Crippen LogP contribution in [0.4, 0.5) is 8.78 Å². The minimum atomic E-state index is -1.68. The van der Waals surface area contributed by atoms with Crippen molar-refractivity contribution in [2.24, 2.45) is 16.6 Å². The molecule has 1 atom stereocenters. The van der Waals surface area contributed by atoms with Crippen molar-refractivity contribution >= 4 is 39.2 Å². The molecule has 0 aromatic heterocycles. The molecule has 1 aliphatic rings. The maximum absolute atomic E-state index is 14.3. The Morgan fingerprint density at radius 1 is 1.56 bits per heavy atom. The number of rotatable bonds is 8. The standard InChI is InChI=1S/C18H19BrClF2N3O2/c1-9(10-3-4-10)25-16(18(26)27-2)15(20)17(23)24-8-14(22)12-6-5-11(19)7-13(12)21/h5-7,10,14,24H,1,3-4,8,23H2,2H3/b17-15-,25-16+. The van der Waals surface area contributed by atoms with Crippen molar-refractivity contribution in [2.45, 2.75) is 19.0 Å². The number of ether oxygens (including phenoxy) is 1. The number of esters is 1. The first-order valence-electron chi connectivity index (χ1n) is 8.08. The monoisotopic (exact) mass is 461 g/mol. The molecule has 1 aromatic carbocycles. The summed E-state index contributed by atoms with van der Waals surface area (Å²) in [5, 5.41) is 2.34. The second kappa shape index (κ2) is 9.32. The van der Waals surface area contributed by atoms with E-state index in [1.54, 1.807) is 0 Å². The van der Waals surface area contributed by atoms with Crippen molar-refractivity contribution < 1.29 is 18.3 Å². The number of nitrogens with one attached hydrogen (secondary N) is 1. The van der Waals surface area contributed by atoms with E-state index in [2.05, 4.69) is 37.6 Å². The van der Waals surface area contributed by atoms with Gasteiger partial charge in [-0.25, -0.2) is 18.6 Å². The van der Waals surface area contributed by atoms with Gasteiger partial charge in [0.05, 0.1) is 13.7 Å². The Morgan fingerprint density at radius 3 is 2.78 bits per heavy atom. The van der Waals surface area contributed by atoms with Crippen LogP contribution in [-0.2, 0) is 9.53 Å². The molecule has 9 heteroatoms. The van der Waals surface area contributed by atoms with Crippen molar-refractivity contribution in [2.75, 3.05) is 13.7 Å². The molecule has 1 unspecified atom stereocenters. The topological polar surface area (TPSA) is 76.7 Å². The molecule has 1 aromatic rings. The number of methoxy groups -OCH3 is 1. The minimum absolute atomic E-state index is 0.126.